The molecule has 2 nitrogen and oxygen atoms in total. The van der Waals surface area contributed by atoms with Crippen LogP contribution in [0, 0.1) is 17.8 Å². The normalized spacial score (nSPS) is 34.4. The van der Waals surface area contributed by atoms with Crippen molar-refractivity contribution in [2.75, 3.05) is 6.61 Å². The fraction of sp³-hybridized carbons (Fsp3) is 1.00. The molecule has 2 N–H and O–H groups in total. The van der Waals surface area contributed by atoms with Gasteiger partial charge < -0.3 is 10.4 Å². The van der Waals surface area contributed by atoms with Crippen LogP contribution in [0.2, 0.25) is 0 Å². The van der Waals surface area contributed by atoms with Crippen molar-refractivity contribution in [2.24, 2.45) is 17.8 Å². The Morgan fingerprint density at radius 1 is 1.20 bits per heavy atom. The number of aliphatic hydroxyl groups is 1. The molecule has 2 heteroatoms. The highest BCUT2D eigenvalue weighted by Crippen LogP contribution is 2.29. The lowest BCUT2D eigenvalue weighted by Crippen LogP contribution is -2.46. The highest BCUT2D eigenvalue weighted by atomic mass is 16.3. The van der Waals surface area contributed by atoms with Crippen molar-refractivity contribution in [3.63, 3.8) is 0 Å². The number of rotatable bonds is 4. The van der Waals surface area contributed by atoms with Crippen molar-refractivity contribution in [3.8, 4) is 0 Å². The molecule has 0 aromatic heterocycles. The van der Waals surface area contributed by atoms with Crippen LogP contribution in [0.1, 0.15) is 47.0 Å². The van der Waals surface area contributed by atoms with Gasteiger partial charge in [-0.15, -0.1) is 0 Å². The molecule has 15 heavy (non-hydrogen) atoms. The average molecular weight is 213 g/mol. The van der Waals surface area contributed by atoms with Gasteiger partial charge in [0.2, 0.25) is 0 Å². The van der Waals surface area contributed by atoms with Gasteiger partial charge in [-0.05, 0) is 37.0 Å². The molecule has 1 saturated carbocycles. The summed E-state index contributed by atoms with van der Waals surface area (Å²) < 4.78 is 0. The fourth-order valence-electron chi connectivity index (χ4n) is 2.46. The van der Waals surface area contributed by atoms with Crippen molar-refractivity contribution in [1.82, 2.24) is 5.32 Å². The number of nitrogens with one attached hydrogen (secondary N) is 1. The van der Waals surface area contributed by atoms with Crippen LogP contribution in [0.25, 0.3) is 0 Å². The molecule has 1 fully saturated rings. The summed E-state index contributed by atoms with van der Waals surface area (Å²) in [5.41, 5.74) is 0. The molecule has 4 unspecified atom stereocenters. The molecule has 1 aliphatic carbocycles. The van der Waals surface area contributed by atoms with E-state index in [9.17, 15) is 5.11 Å². The van der Waals surface area contributed by atoms with Gasteiger partial charge in [-0.3, -0.25) is 0 Å². The molecule has 0 saturated heterocycles. The first-order valence-electron chi connectivity index (χ1n) is 6.41. The molecule has 0 heterocycles. The molecule has 1 rings (SSSR count). The maximum absolute atomic E-state index is 9.28. The van der Waals surface area contributed by atoms with Crippen molar-refractivity contribution < 1.29 is 5.11 Å². The molecule has 4 atom stereocenters. The van der Waals surface area contributed by atoms with E-state index in [2.05, 4.69) is 33.0 Å². The van der Waals surface area contributed by atoms with E-state index in [1.807, 2.05) is 0 Å². The van der Waals surface area contributed by atoms with Gasteiger partial charge >= 0.3 is 0 Å². The molecule has 0 aromatic rings. The Morgan fingerprint density at radius 3 is 2.33 bits per heavy atom. The van der Waals surface area contributed by atoms with Gasteiger partial charge in [-0.25, -0.2) is 0 Å². The molecule has 0 aromatic carbocycles. The lowest BCUT2D eigenvalue weighted by atomic mass is 9.79. The molecule has 0 aliphatic heterocycles. The first-order valence-corrected chi connectivity index (χ1v) is 6.41. The van der Waals surface area contributed by atoms with Gasteiger partial charge in [0.15, 0.2) is 0 Å². The number of hydrogen-bond donors (Lipinski definition) is 2. The molecular weight excluding hydrogens is 186 g/mol. The quantitative estimate of drug-likeness (QED) is 0.751. The summed E-state index contributed by atoms with van der Waals surface area (Å²) in [4.78, 5) is 0. The van der Waals surface area contributed by atoms with Crippen LogP contribution in [0.5, 0.6) is 0 Å². The minimum atomic E-state index is 0.262. The third-order valence-electron chi connectivity index (χ3n) is 4.05. The smallest absolute Gasteiger partial charge is 0.0587 e. The summed E-state index contributed by atoms with van der Waals surface area (Å²) in [6.45, 7) is 9.30. The predicted molar refractivity (Wildman–Crippen MR) is 64.8 cm³/mol. The van der Waals surface area contributed by atoms with Gasteiger partial charge in [0.05, 0.1) is 6.61 Å². The van der Waals surface area contributed by atoms with Crippen LogP contribution >= 0.6 is 0 Å². The van der Waals surface area contributed by atoms with Gasteiger partial charge in [0, 0.05) is 12.1 Å². The molecule has 0 spiro atoms. The third-order valence-corrected chi connectivity index (χ3v) is 4.05. The van der Waals surface area contributed by atoms with Crippen LogP contribution in [0.15, 0.2) is 0 Å². The van der Waals surface area contributed by atoms with E-state index in [-0.39, 0.29) is 12.6 Å². The lowest BCUT2D eigenvalue weighted by Gasteiger charge is -2.35. The van der Waals surface area contributed by atoms with Gasteiger partial charge in [-0.2, -0.15) is 0 Å². The SMILES string of the molecule is CC(C)C(CO)NC1CCC(C)C(C)C1. The average Bonchev–Trinajstić information content (AvgIpc) is 2.19. The Labute approximate surface area is 94.5 Å². The minimum absolute atomic E-state index is 0.262. The highest BCUT2D eigenvalue weighted by molar-refractivity contribution is 4.83. The Morgan fingerprint density at radius 2 is 1.87 bits per heavy atom. The van der Waals surface area contributed by atoms with E-state index in [1.165, 1.54) is 19.3 Å². The van der Waals surface area contributed by atoms with Crippen LogP contribution in [0.4, 0.5) is 0 Å². The van der Waals surface area contributed by atoms with E-state index in [0.29, 0.717) is 12.0 Å². The Kier molecular flexibility index (Phi) is 5.07. The third kappa shape index (κ3) is 3.76. The van der Waals surface area contributed by atoms with E-state index >= 15 is 0 Å². The summed E-state index contributed by atoms with van der Waals surface area (Å²) in [5, 5.41) is 12.9. The predicted octanol–water partition coefficient (Wildman–Crippen LogP) is 2.42. The Hall–Kier alpha value is -0.0800. The second-order valence-electron chi connectivity index (χ2n) is 5.66. The van der Waals surface area contributed by atoms with E-state index < -0.39 is 0 Å². The topological polar surface area (TPSA) is 32.3 Å². The highest BCUT2D eigenvalue weighted by Gasteiger charge is 2.26. The summed E-state index contributed by atoms with van der Waals surface area (Å²) in [6.07, 6.45) is 3.87. The summed E-state index contributed by atoms with van der Waals surface area (Å²) in [7, 11) is 0. The first-order chi connectivity index (χ1) is 7.04. The lowest BCUT2D eigenvalue weighted by molar-refractivity contribution is 0.162. The minimum Gasteiger partial charge on any atom is -0.395 e. The van der Waals surface area contributed by atoms with Crippen molar-refractivity contribution in [3.05, 3.63) is 0 Å². The van der Waals surface area contributed by atoms with Crippen LogP contribution in [-0.4, -0.2) is 23.8 Å². The Bertz CT molecular complexity index is 181. The maximum atomic E-state index is 9.28. The molecule has 0 bridgehead atoms. The molecule has 90 valence electrons. The maximum Gasteiger partial charge on any atom is 0.0587 e. The molecule has 0 radical (unpaired) electrons. The van der Waals surface area contributed by atoms with Crippen LogP contribution in [-0.2, 0) is 0 Å². The Balaban J connectivity index is 2.38. The zero-order valence-electron chi connectivity index (χ0n) is 10.7. The van der Waals surface area contributed by atoms with E-state index in [0.717, 1.165) is 11.8 Å². The van der Waals surface area contributed by atoms with Crippen molar-refractivity contribution in [2.45, 2.75) is 59.0 Å². The molecular formula is C13H27NO. The largest absolute Gasteiger partial charge is 0.395 e. The van der Waals surface area contributed by atoms with Gasteiger partial charge in [-0.1, -0.05) is 27.7 Å². The summed E-state index contributed by atoms with van der Waals surface area (Å²) >= 11 is 0. The second-order valence-corrected chi connectivity index (χ2v) is 5.66. The summed E-state index contributed by atoms with van der Waals surface area (Å²) in [6, 6.07) is 0.895. The zero-order valence-corrected chi connectivity index (χ0v) is 10.7. The standard InChI is InChI=1S/C13H27NO/c1-9(2)13(8-15)14-12-6-5-10(3)11(4)7-12/h9-15H,5-8H2,1-4H3. The van der Waals surface area contributed by atoms with Crippen molar-refractivity contribution in [1.29, 1.82) is 0 Å². The van der Waals surface area contributed by atoms with Gasteiger partial charge in [0.25, 0.3) is 0 Å². The first kappa shape index (κ1) is 13.0. The monoisotopic (exact) mass is 213 g/mol. The number of hydrogen-bond acceptors (Lipinski definition) is 2. The van der Waals surface area contributed by atoms with Crippen LogP contribution in [0.3, 0.4) is 0 Å². The van der Waals surface area contributed by atoms with Gasteiger partial charge in [0.1, 0.15) is 0 Å². The number of aliphatic hydroxyl groups excluding tert-OH is 1. The fourth-order valence-corrected chi connectivity index (χ4v) is 2.46. The zero-order chi connectivity index (χ0) is 11.4. The molecule has 0 amide bonds. The van der Waals surface area contributed by atoms with Crippen molar-refractivity contribution >= 4 is 0 Å². The summed E-state index contributed by atoms with van der Waals surface area (Å²) in [5.74, 6) is 2.21. The second kappa shape index (κ2) is 5.86. The molecule has 1 aliphatic rings. The van der Waals surface area contributed by atoms with Crippen LogP contribution < -0.4 is 5.32 Å². The van der Waals surface area contributed by atoms with E-state index in [1.54, 1.807) is 0 Å². The van der Waals surface area contributed by atoms with E-state index in [4.69, 9.17) is 0 Å².